The molecule has 1 saturated heterocycles. The van der Waals surface area contributed by atoms with Gasteiger partial charge in [0.2, 0.25) is 0 Å². The molecule has 3 aromatic rings. The Bertz CT molecular complexity index is 879. The van der Waals surface area contributed by atoms with Crippen molar-refractivity contribution in [3.05, 3.63) is 42.0 Å². The van der Waals surface area contributed by atoms with E-state index in [1.807, 2.05) is 6.26 Å². The molecule has 0 unspecified atom stereocenters. The van der Waals surface area contributed by atoms with Gasteiger partial charge >= 0.3 is 0 Å². The highest BCUT2D eigenvalue weighted by molar-refractivity contribution is 8.00. The molecule has 26 heavy (non-hydrogen) atoms. The highest BCUT2D eigenvalue weighted by atomic mass is 32.2. The van der Waals surface area contributed by atoms with Gasteiger partial charge in [-0.05, 0) is 36.8 Å². The maximum atomic E-state index is 13.0. The zero-order valence-corrected chi connectivity index (χ0v) is 16.0. The summed E-state index contributed by atoms with van der Waals surface area (Å²) in [4.78, 5) is 15.6. The molecule has 1 fully saturated rings. The number of halogens is 1. The Kier molecular flexibility index (Phi) is 5.33. The van der Waals surface area contributed by atoms with Gasteiger partial charge < -0.3 is 9.64 Å². The van der Waals surface area contributed by atoms with Crippen molar-refractivity contribution in [1.82, 2.24) is 15.0 Å². The van der Waals surface area contributed by atoms with E-state index in [2.05, 4.69) is 19.9 Å². The first-order valence-electron chi connectivity index (χ1n) is 8.49. The highest BCUT2D eigenvalue weighted by Gasteiger charge is 2.23. The van der Waals surface area contributed by atoms with Crippen molar-refractivity contribution in [2.75, 3.05) is 24.2 Å². The number of aromatic nitrogens is 3. The summed E-state index contributed by atoms with van der Waals surface area (Å²) < 4.78 is 21.0. The Balaban J connectivity index is 1.37. The van der Waals surface area contributed by atoms with Crippen molar-refractivity contribution >= 4 is 39.3 Å². The van der Waals surface area contributed by atoms with Gasteiger partial charge in [0.1, 0.15) is 16.8 Å². The smallest absolute Gasteiger partial charge is 0.176 e. The average molecular weight is 391 g/mol. The number of anilines is 1. The fraction of sp³-hybridized carbons (Fsp3) is 0.389. The van der Waals surface area contributed by atoms with E-state index in [0.717, 1.165) is 52.0 Å². The molecule has 0 amide bonds. The van der Waals surface area contributed by atoms with Gasteiger partial charge in [-0.3, -0.25) is 0 Å². The fourth-order valence-electron chi connectivity index (χ4n) is 3.06. The van der Waals surface area contributed by atoms with Gasteiger partial charge in [-0.2, -0.15) is 0 Å². The minimum absolute atomic E-state index is 0.217. The number of hydrogen-bond donors (Lipinski definition) is 0. The predicted octanol–water partition coefficient (Wildman–Crippen LogP) is 4.13. The number of fused-ring (bicyclic) bond motifs is 1. The van der Waals surface area contributed by atoms with Crippen LogP contribution in [-0.4, -0.2) is 40.4 Å². The molecule has 1 aliphatic rings. The topological polar surface area (TPSA) is 51.1 Å². The molecule has 136 valence electrons. The van der Waals surface area contributed by atoms with Crippen LogP contribution in [0.15, 0.2) is 34.9 Å². The summed E-state index contributed by atoms with van der Waals surface area (Å²) >= 11 is 3.28. The Morgan fingerprint density at radius 2 is 2.00 bits per heavy atom. The number of thioether (sulfide) groups is 1. The molecule has 0 aliphatic carbocycles. The minimum atomic E-state index is -0.217. The van der Waals surface area contributed by atoms with Crippen LogP contribution in [0.25, 0.3) is 10.3 Å². The van der Waals surface area contributed by atoms with E-state index in [4.69, 9.17) is 4.74 Å². The van der Waals surface area contributed by atoms with Gasteiger partial charge in [-0.15, -0.1) is 11.3 Å². The molecule has 0 spiro atoms. The van der Waals surface area contributed by atoms with E-state index in [1.54, 1.807) is 41.6 Å². The Morgan fingerprint density at radius 3 is 2.73 bits per heavy atom. The monoisotopic (exact) mass is 390 g/mol. The molecule has 2 aromatic heterocycles. The van der Waals surface area contributed by atoms with Crippen LogP contribution >= 0.6 is 23.1 Å². The van der Waals surface area contributed by atoms with Crippen LogP contribution in [0.2, 0.25) is 0 Å². The second kappa shape index (κ2) is 7.85. The molecular formula is C18H19FN4OS2. The van der Waals surface area contributed by atoms with Gasteiger partial charge in [0.25, 0.3) is 0 Å². The lowest BCUT2D eigenvalue weighted by molar-refractivity contribution is 0.0250. The summed E-state index contributed by atoms with van der Waals surface area (Å²) in [5.41, 5.74) is 1.78. The zero-order chi connectivity index (χ0) is 17.9. The summed E-state index contributed by atoms with van der Waals surface area (Å²) in [6.45, 7) is 2.31. The number of rotatable bonds is 5. The van der Waals surface area contributed by atoms with E-state index in [1.165, 1.54) is 12.1 Å². The van der Waals surface area contributed by atoms with Crippen LogP contribution in [-0.2, 0) is 11.3 Å². The predicted molar refractivity (Wildman–Crippen MR) is 103 cm³/mol. The summed E-state index contributed by atoms with van der Waals surface area (Å²) in [7, 11) is 0. The van der Waals surface area contributed by atoms with E-state index in [9.17, 15) is 4.39 Å². The average Bonchev–Trinajstić information content (AvgIpc) is 3.11. The van der Waals surface area contributed by atoms with Crippen molar-refractivity contribution < 1.29 is 9.13 Å². The summed E-state index contributed by atoms with van der Waals surface area (Å²) in [6, 6.07) is 6.49. The van der Waals surface area contributed by atoms with E-state index >= 15 is 0 Å². The van der Waals surface area contributed by atoms with E-state index in [0.29, 0.717) is 6.61 Å². The minimum Gasteiger partial charge on any atom is -0.373 e. The highest BCUT2D eigenvalue weighted by Crippen LogP contribution is 2.34. The number of thiazole rings is 1. The Morgan fingerprint density at radius 1 is 1.23 bits per heavy atom. The van der Waals surface area contributed by atoms with E-state index in [-0.39, 0.29) is 11.9 Å². The molecular weight excluding hydrogens is 371 g/mol. The van der Waals surface area contributed by atoms with Crippen molar-refractivity contribution in [3.63, 3.8) is 0 Å². The van der Waals surface area contributed by atoms with Crippen LogP contribution in [0.5, 0.6) is 0 Å². The normalized spacial score (nSPS) is 15.7. The molecule has 0 saturated carbocycles. The summed E-state index contributed by atoms with van der Waals surface area (Å²) in [5.74, 6) is 0.760. The number of hydrogen-bond acceptors (Lipinski definition) is 7. The molecule has 0 N–H and O–H groups in total. The fourth-order valence-corrected chi connectivity index (χ4v) is 4.60. The van der Waals surface area contributed by atoms with Crippen LogP contribution < -0.4 is 4.90 Å². The molecule has 0 bridgehead atoms. The first kappa shape index (κ1) is 17.6. The molecule has 1 aromatic carbocycles. The maximum absolute atomic E-state index is 13.0. The van der Waals surface area contributed by atoms with Gasteiger partial charge in [-0.25, -0.2) is 19.3 Å². The molecule has 1 aliphatic heterocycles. The molecule has 0 atom stereocenters. The Labute approximate surface area is 159 Å². The lowest BCUT2D eigenvalue weighted by Crippen LogP contribution is -2.37. The Hall–Kier alpha value is -1.77. The zero-order valence-electron chi connectivity index (χ0n) is 14.4. The van der Waals surface area contributed by atoms with Crippen molar-refractivity contribution in [2.24, 2.45) is 0 Å². The third-order valence-electron chi connectivity index (χ3n) is 4.47. The first-order chi connectivity index (χ1) is 12.7. The van der Waals surface area contributed by atoms with Gasteiger partial charge in [0, 0.05) is 13.1 Å². The van der Waals surface area contributed by atoms with Gasteiger partial charge in [-0.1, -0.05) is 23.9 Å². The van der Waals surface area contributed by atoms with Crippen molar-refractivity contribution in [1.29, 1.82) is 0 Å². The number of ether oxygens (including phenoxy) is 1. The van der Waals surface area contributed by atoms with Gasteiger partial charge in [0.15, 0.2) is 15.8 Å². The van der Waals surface area contributed by atoms with Crippen molar-refractivity contribution in [2.45, 2.75) is 29.9 Å². The van der Waals surface area contributed by atoms with Crippen LogP contribution in [0.4, 0.5) is 10.2 Å². The van der Waals surface area contributed by atoms with Crippen molar-refractivity contribution in [3.8, 4) is 0 Å². The molecule has 0 radical (unpaired) electrons. The van der Waals surface area contributed by atoms with Gasteiger partial charge in [0.05, 0.1) is 12.7 Å². The molecule has 4 rings (SSSR count). The van der Waals surface area contributed by atoms with Crippen LogP contribution in [0, 0.1) is 5.82 Å². The molecule has 5 nitrogen and oxygen atoms in total. The third-order valence-corrected chi connectivity index (χ3v) is 6.49. The molecule has 3 heterocycles. The summed E-state index contributed by atoms with van der Waals surface area (Å²) in [6.07, 6.45) is 5.73. The number of piperidine rings is 1. The SMILES string of the molecule is CSc1nc2ncnc(N3CCC(OCc4ccc(F)cc4)CC3)c2s1. The molecule has 8 heteroatoms. The lowest BCUT2D eigenvalue weighted by Gasteiger charge is -2.32. The van der Waals surface area contributed by atoms with Crippen LogP contribution in [0.1, 0.15) is 18.4 Å². The number of nitrogens with zero attached hydrogens (tertiary/aromatic N) is 4. The second-order valence-corrected chi connectivity index (χ2v) is 8.21. The largest absolute Gasteiger partial charge is 0.373 e. The van der Waals surface area contributed by atoms with Crippen LogP contribution in [0.3, 0.4) is 0 Å². The second-order valence-electron chi connectivity index (χ2n) is 6.16. The first-order valence-corrected chi connectivity index (χ1v) is 10.5. The summed E-state index contributed by atoms with van der Waals surface area (Å²) in [5, 5.41) is 0. The number of benzene rings is 1. The van der Waals surface area contributed by atoms with E-state index < -0.39 is 0 Å². The third kappa shape index (κ3) is 3.82. The lowest BCUT2D eigenvalue weighted by atomic mass is 10.1. The standard InChI is InChI=1S/C18H19FN4OS2/c1-25-18-22-16-15(26-18)17(21-11-20-16)23-8-6-14(7-9-23)24-10-12-2-4-13(19)5-3-12/h2-5,11,14H,6-10H2,1H3. The maximum Gasteiger partial charge on any atom is 0.176 e. The quantitative estimate of drug-likeness (QED) is 0.611.